The number of nitrogens with zero attached hydrogens (tertiary/aromatic N) is 4. The SMILES string of the molecule is CC(C)c1nnc(CN2CC(Oc3ccc(-c4ccc(C(N)=O)cc4F)nc3)C2)s1. The summed E-state index contributed by atoms with van der Waals surface area (Å²) in [5.74, 6) is -0.179. The molecule has 156 valence electrons. The Morgan fingerprint density at radius 3 is 2.70 bits per heavy atom. The molecule has 0 unspecified atom stereocenters. The van der Waals surface area contributed by atoms with Crippen LogP contribution in [-0.4, -0.2) is 45.2 Å². The molecule has 0 spiro atoms. The van der Waals surface area contributed by atoms with Crippen molar-refractivity contribution in [2.75, 3.05) is 13.1 Å². The number of hydrogen-bond donors (Lipinski definition) is 1. The number of halogens is 1. The van der Waals surface area contributed by atoms with Crippen molar-refractivity contribution in [2.45, 2.75) is 32.4 Å². The number of primary amides is 1. The zero-order valence-electron chi connectivity index (χ0n) is 16.7. The van der Waals surface area contributed by atoms with Crippen LogP contribution in [0.3, 0.4) is 0 Å². The number of carbonyl (C=O) groups excluding carboxylic acids is 1. The van der Waals surface area contributed by atoms with Crippen LogP contribution in [0.1, 0.15) is 40.1 Å². The van der Waals surface area contributed by atoms with Gasteiger partial charge in [0.1, 0.15) is 27.7 Å². The fourth-order valence-corrected chi connectivity index (χ4v) is 4.05. The van der Waals surface area contributed by atoms with Gasteiger partial charge in [-0.25, -0.2) is 4.39 Å². The van der Waals surface area contributed by atoms with Crippen LogP contribution in [0.25, 0.3) is 11.3 Å². The van der Waals surface area contributed by atoms with Crippen LogP contribution in [-0.2, 0) is 6.54 Å². The topological polar surface area (TPSA) is 94.2 Å². The lowest BCUT2D eigenvalue weighted by Crippen LogP contribution is -2.53. The third kappa shape index (κ3) is 4.47. The highest BCUT2D eigenvalue weighted by Crippen LogP contribution is 2.26. The highest BCUT2D eigenvalue weighted by Gasteiger charge is 2.29. The number of pyridine rings is 1. The van der Waals surface area contributed by atoms with Gasteiger partial charge in [-0.1, -0.05) is 25.2 Å². The second kappa shape index (κ2) is 8.45. The predicted octanol–water partition coefficient (Wildman–Crippen LogP) is 3.22. The summed E-state index contributed by atoms with van der Waals surface area (Å²) in [4.78, 5) is 17.7. The Morgan fingerprint density at radius 1 is 1.30 bits per heavy atom. The molecule has 0 atom stereocenters. The molecule has 0 saturated carbocycles. The molecule has 1 amide bonds. The van der Waals surface area contributed by atoms with Crippen LogP contribution in [0.2, 0.25) is 0 Å². The number of rotatable bonds is 7. The van der Waals surface area contributed by atoms with Crippen LogP contribution in [0.4, 0.5) is 4.39 Å². The number of nitrogens with two attached hydrogens (primary N) is 1. The van der Waals surface area contributed by atoms with E-state index in [1.807, 2.05) is 0 Å². The Kier molecular flexibility index (Phi) is 5.74. The zero-order chi connectivity index (χ0) is 21.3. The van der Waals surface area contributed by atoms with E-state index >= 15 is 0 Å². The van der Waals surface area contributed by atoms with Gasteiger partial charge in [0.2, 0.25) is 5.91 Å². The number of ether oxygens (including phenoxy) is 1. The van der Waals surface area contributed by atoms with Crippen LogP contribution < -0.4 is 10.5 Å². The van der Waals surface area contributed by atoms with Gasteiger partial charge in [-0.15, -0.1) is 10.2 Å². The monoisotopic (exact) mass is 427 g/mol. The summed E-state index contributed by atoms with van der Waals surface area (Å²) in [6, 6.07) is 7.57. The van der Waals surface area contributed by atoms with Crippen molar-refractivity contribution in [3.8, 4) is 17.0 Å². The molecule has 0 aliphatic carbocycles. The maximum Gasteiger partial charge on any atom is 0.248 e. The summed E-state index contributed by atoms with van der Waals surface area (Å²) in [6.07, 6.45) is 1.67. The number of likely N-dealkylation sites (tertiary alicyclic amines) is 1. The van der Waals surface area contributed by atoms with Gasteiger partial charge in [-0.05, 0) is 30.3 Å². The van der Waals surface area contributed by atoms with Crippen molar-refractivity contribution in [3.05, 3.63) is 57.9 Å². The van der Waals surface area contributed by atoms with Crippen molar-refractivity contribution in [2.24, 2.45) is 5.73 Å². The minimum atomic E-state index is -0.668. The van der Waals surface area contributed by atoms with Crippen molar-refractivity contribution in [1.29, 1.82) is 0 Å². The largest absolute Gasteiger partial charge is 0.486 e. The number of hydrogen-bond acceptors (Lipinski definition) is 7. The number of aromatic nitrogens is 3. The van der Waals surface area contributed by atoms with Crippen molar-refractivity contribution in [1.82, 2.24) is 20.1 Å². The van der Waals surface area contributed by atoms with E-state index in [4.69, 9.17) is 10.5 Å². The summed E-state index contributed by atoms with van der Waals surface area (Å²) in [7, 11) is 0. The molecule has 1 aliphatic rings. The molecule has 1 fully saturated rings. The van der Waals surface area contributed by atoms with Crippen LogP contribution in [0, 0.1) is 5.82 Å². The van der Waals surface area contributed by atoms with E-state index in [1.165, 1.54) is 12.1 Å². The number of carbonyl (C=O) groups is 1. The fraction of sp³-hybridized carbons (Fsp3) is 0.333. The first-order valence-electron chi connectivity index (χ1n) is 9.66. The molecule has 1 saturated heterocycles. The van der Waals surface area contributed by atoms with Gasteiger partial charge in [0.15, 0.2) is 0 Å². The minimum absolute atomic E-state index is 0.0849. The van der Waals surface area contributed by atoms with E-state index < -0.39 is 11.7 Å². The van der Waals surface area contributed by atoms with E-state index in [9.17, 15) is 9.18 Å². The van der Waals surface area contributed by atoms with Gasteiger partial charge < -0.3 is 10.5 Å². The van der Waals surface area contributed by atoms with E-state index in [1.54, 1.807) is 29.7 Å². The molecule has 1 aliphatic heterocycles. The van der Waals surface area contributed by atoms with Gasteiger partial charge in [0.05, 0.1) is 18.4 Å². The van der Waals surface area contributed by atoms with E-state index in [0.717, 1.165) is 35.7 Å². The highest BCUT2D eigenvalue weighted by molar-refractivity contribution is 7.11. The van der Waals surface area contributed by atoms with Crippen LogP contribution in [0.15, 0.2) is 36.5 Å². The lowest BCUT2D eigenvalue weighted by atomic mass is 10.1. The Hall–Kier alpha value is -2.91. The summed E-state index contributed by atoms with van der Waals surface area (Å²) in [6.45, 7) is 6.62. The van der Waals surface area contributed by atoms with Gasteiger partial charge in [0, 0.05) is 30.1 Å². The third-order valence-corrected chi connectivity index (χ3v) is 6.04. The second-order valence-corrected chi connectivity index (χ2v) is 8.65. The molecule has 0 radical (unpaired) electrons. The van der Waals surface area contributed by atoms with Crippen LogP contribution >= 0.6 is 11.3 Å². The smallest absolute Gasteiger partial charge is 0.248 e. The maximum atomic E-state index is 14.2. The predicted molar refractivity (Wildman–Crippen MR) is 112 cm³/mol. The Labute approximate surface area is 177 Å². The summed E-state index contributed by atoms with van der Waals surface area (Å²) in [5, 5.41) is 10.5. The Morgan fingerprint density at radius 2 is 2.10 bits per heavy atom. The normalized spacial score (nSPS) is 14.7. The molecule has 3 aromatic rings. The molecule has 7 nitrogen and oxygen atoms in total. The molecule has 3 heterocycles. The first-order chi connectivity index (χ1) is 14.4. The second-order valence-electron chi connectivity index (χ2n) is 7.56. The minimum Gasteiger partial charge on any atom is -0.486 e. The van der Waals surface area contributed by atoms with E-state index in [-0.39, 0.29) is 11.7 Å². The summed E-state index contributed by atoms with van der Waals surface area (Å²) >= 11 is 1.66. The zero-order valence-corrected chi connectivity index (χ0v) is 17.5. The van der Waals surface area contributed by atoms with E-state index in [2.05, 4.69) is 33.9 Å². The lowest BCUT2D eigenvalue weighted by Gasteiger charge is -2.38. The lowest BCUT2D eigenvalue weighted by molar-refractivity contribution is 0.0142. The highest BCUT2D eigenvalue weighted by atomic mass is 32.1. The maximum absolute atomic E-state index is 14.2. The average molecular weight is 428 g/mol. The van der Waals surface area contributed by atoms with Crippen molar-refractivity contribution < 1.29 is 13.9 Å². The Balaban J connectivity index is 1.31. The first kappa shape index (κ1) is 20.4. The van der Waals surface area contributed by atoms with Gasteiger partial charge in [-0.2, -0.15) is 0 Å². The van der Waals surface area contributed by atoms with E-state index in [0.29, 0.717) is 22.9 Å². The number of benzene rings is 1. The molecular weight excluding hydrogens is 405 g/mol. The third-order valence-electron chi connectivity index (χ3n) is 4.83. The molecular formula is C21H22FN5O2S. The number of amides is 1. The summed E-state index contributed by atoms with van der Waals surface area (Å²) < 4.78 is 20.2. The quantitative estimate of drug-likeness (QED) is 0.622. The van der Waals surface area contributed by atoms with Crippen molar-refractivity contribution >= 4 is 17.2 Å². The fourth-order valence-electron chi connectivity index (χ4n) is 3.16. The molecule has 0 bridgehead atoms. The molecule has 2 aromatic heterocycles. The molecule has 2 N–H and O–H groups in total. The first-order valence-corrected chi connectivity index (χ1v) is 10.5. The standard InChI is InChI=1S/C21H22FN5O2S/c1-12(2)21-26-25-19(30-21)11-27-9-15(10-27)29-14-4-6-18(24-8-14)16-5-3-13(20(23)28)7-17(16)22/h3-8,12,15H,9-11H2,1-2H3,(H2,23,28). The molecule has 30 heavy (non-hydrogen) atoms. The van der Waals surface area contributed by atoms with Gasteiger partial charge in [0.25, 0.3) is 0 Å². The Bertz CT molecular complexity index is 1050. The van der Waals surface area contributed by atoms with Crippen LogP contribution in [0.5, 0.6) is 5.75 Å². The summed E-state index contributed by atoms with van der Waals surface area (Å²) in [5.41, 5.74) is 6.07. The molecule has 4 rings (SSSR count). The van der Waals surface area contributed by atoms with Gasteiger partial charge in [-0.3, -0.25) is 14.7 Å². The average Bonchev–Trinajstić information content (AvgIpc) is 3.16. The van der Waals surface area contributed by atoms with Crippen molar-refractivity contribution in [3.63, 3.8) is 0 Å². The van der Waals surface area contributed by atoms with Gasteiger partial charge >= 0.3 is 0 Å². The molecule has 1 aromatic carbocycles. The molecule has 9 heteroatoms.